The quantitative estimate of drug-likeness (QED) is 0.870. The molecule has 1 aliphatic rings. The number of rotatable bonds is 3. The van der Waals surface area contributed by atoms with E-state index in [4.69, 9.17) is 10.5 Å². The summed E-state index contributed by atoms with van der Waals surface area (Å²) < 4.78 is 7.22. The smallest absolute Gasteiger partial charge is 0.240 e. The van der Waals surface area contributed by atoms with Crippen molar-refractivity contribution in [1.29, 1.82) is 0 Å². The van der Waals surface area contributed by atoms with Crippen LogP contribution >= 0.6 is 24.8 Å². The molecule has 2 aromatic rings. The zero-order valence-electron chi connectivity index (χ0n) is 12.9. The highest BCUT2D eigenvalue weighted by Crippen LogP contribution is 2.18. The molecule has 0 atom stereocenters. The molecule has 2 aromatic heterocycles. The molecule has 0 radical (unpaired) electrons. The number of hydrogen-bond donors (Lipinski definition) is 2. The summed E-state index contributed by atoms with van der Waals surface area (Å²) in [6.07, 6.45) is 5.05. The SMILES string of the molecule is Cc1ccc2nc(CNC(=O)C3(N)CCOCC3)cn2c1.Cl.Cl. The van der Waals surface area contributed by atoms with E-state index in [0.717, 1.165) is 11.3 Å². The molecule has 0 saturated carbocycles. The van der Waals surface area contributed by atoms with Crippen molar-refractivity contribution in [2.75, 3.05) is 13.2 Å². The van der Waals surface area contributed by atoms with Crippen molar-refractivity contribution in [3.63, 3.8) is 0 Å². The number of nitrogens with one attached hydrogen (secondary N) is 1. The second-order valence-electron chi connectivity index (χ2n) is 5.66. The summed E-state index contributed by atoms with van der Waals surface area (Å²) in [6.45, 7) is 3.50. The van der Waals surface area contributed by atoms with E-state index in [0.29, 0.717) is 32.6 Å². The summed E-state index contributed by atoms with van der Waals surface area (Å²) in [5.41, 5.74) is 8.20. The highest BCUT2D eigenvalue weighted by molar-refractivity contribution is 5.86. The predicted molar refractivity (Wildman–Crippen MR) is 93.2 cm³/mol. The molecule has 0 bridgehead atoms. The Bertz CT molecular complexity index is 669. The van der Waals surface area contributed by atoms with Gasteiger partial charge < -0.3 is 20.2 Å². The van der Waals surface area contributed by atoms with Gasteiger partial charge in [0.2, 0.25) is 5.91 Å². The van der Waals surface area contributed by atoms with Gasteiger partial charge in [0.05, 0.1) is 17.8 Å². The normalized spacial score (nSPS) is 16.3. The monoisotopic (exact) mass is 360 g/mol. The van der Waals surface area contributed by atoms with Gasteiger partial charge in [-0.15, -0.1) is 24.8 Å². The number of hydrogen-bond acceptors (Lipinski definition) is 4. The van der Waals surface area contributed by atoms with Crippen LogP contribution in [0.3, 0.4) is 0 Å². The van der Waals surface area contributed by atoms with E-state index >= 15 is 0 Å². The number of imidazole rings is 1. The number of nitrogens with zero attached hydrogens (tertiary/aromatic N) is 2. The zero-order valence-corrected chi connectivity index (χ0v) is 14.6. The first-order valence-electron chi connectivity index (χ1n) is 7.16. The third-order valence-electron chi connectivity index (χ3n) is 3.92. The van der Waals surface area contributed by atoms with Gasteiger partial charge in [-0.3, -0.25) is 4.79 Å². The summed E-state index contributed by atoms with van der Waals surface area (Å²) in [7, 11) is 0. The molecule has 3 rings (SSSR count). The third kappa shape index (κ3) is 4.35. The van der Waals surface area contributed by atoms with Crippen molar-refractivity contribution < 1.29 is 9.53 Å². The first-order valence-corrected chi connectivity index (χ1v) is 7.16. The lowest BCUT2D eigenvalue weighted by Crippen LogP contribution is -2.56. The molecule has 3 N–H and O–H groups in total. The minimum atomic E-state index is -0.812. The average molecular weight is 361 g/mol. The predicted octanol–water partition coefficient (Wildman–Crippen LogP) is 1.61. The fourth-order valence-corrected chi connectivity index (χ4v) is 2.55. The van der Waals surface area contributed by atoms with Crippen LogP contribution in [0.1, 0.15) is 24.1 Å². The molecule has 23 heavy (non-hydrogen) atoms. The molecule has 6 nitrogen and oxygen atoms in total. The number of ether oxygens (including phenoxy) is 1. The van der Waals surface area contributed by atoms with E-state index in [1.807, 2.05) is 35.9 Å². The minimum absolute atomic E-state index is 0. The molecule has 0 aromatic carbocycles. The van der Waals surface area contributed by atoms with Crippen LogP contribution in [0.25, 0.3) is 5.65 Å². The molecule has 128 valence electrons. The van der Waals surface area contributed by atoms with E-state index in [-0.39, 0.29) is 30.7 Å². The van der Waals surface area contributed by atoms with Crippen molar-refractivity contribution in [1.82, 2.24) is 14.7 Å². The lowest BCUT2D eigenvalue weighted by molar-refractivity contribution is -0.129. The van der Waals surface area contributed by atoms with Crippen molar-refractivity contribution in [2.24, 2.45) is 5.73 Å². The number of carbonyl (C=O) groups excluding carboxylic acids is 1. The highest BCUT2D eigenvalue weighted by Gasteiger charge is 2.35. The van der Waals surface area contributed by atoms with Crippen LogP contribution in [-0.4, -0.2) is 34.0 Å². The fraction of sp³-hybridized carbons (Fsp3) is 0.467. The highest BCUT2D eigenvalue weighted by atomic mass is 35.5. The maximum absolute atomic E-state index is 12.2. The molecular weight excluding hydrogens is 339 g/mol. The first kappa shape index (κ1) is 19.7. The van der Waals surface area contributed by atoms with Gasteiger partial charge >= 0.3 is 0 Å². The van der Waals surface area contributed by atoms with Crippen LogP contribution < -0.4 is 11.1 Å². The van der Waals surface area contributed by atoms with Gasteiger partial charge in [0.15, 0.2) is 0 Å². The summed E-state index contributed by atoms with van der Waals surface area (Å²) in [4.78, 5) is 16.7. The number of carbonyl (C=O) groups is 1. The maximum Gasteiger partial charge on any atom is 0.240 e. The first-order chi connectivity index (χ1) is 10.1. The second kappa shape index (κ2) is 7.97. The number of aromatic nitrogens is 2. The minimum Gasteiger partial charge on any atom is -0.381 e. The number of halogens is 2. The van der Waals surface area contributed by atoms with Gasteiger partial charge in [0.25, 0.3) is 0 Å². The van der Waals surface area contributed by atoms with Crippen LogP contribution in [-0.2, 0) is 16.1 Å². The van der Waals surface area contributed by atoms with Gasteiger partial charge in [-0.2, -0.15) is 0 Å². The van der Waals surface area contributed by atoms with E-state index in [1.165, 1.54) is 5.56 Å². The topological polar surface area (TPSA) is 81.7 Å². The Balaban J connectivity index is 0.00000132. The lowest BCUT2D eigenvalue weighted by atomic mass is 9.90. The zero-order chi connectivity index (χ0) is 14.9. The van der Waals surface area contributed by atoms with Gasteiger partial charge in [-0.05, 0) is 31.4 Å². The maximum atomic E-state index is 12.2. The Labute approximate surface area is 147 Å². The van der Waals surface area contributed by atoms with E-state index < -0.39 is 5.54 Å². The number of aryl methyl sites for hydroxylation is 1. The van der Waals surface area contributed by atoms with E-state index in [2.05, 4.69) is 10.3 Å². The van der Waals surface area contributed by atoms with Crippen LogP contribution in [0.5, 0.6) is 0 Å². The number of amides is 1. The molecular formula is C15H22Cl2N4O2. The standard InChI is InChI=1S/C15H20N4O2.2ClH/c1-11-2-3-13-18-12(10-19(13)9-11)8-17-14(20)15(16)4-6-21-7-5-15;;/h2-3,9-10H,4-8,16H2,1H3,(H,17,20);2*1H. The molecule has 3 heterocycles. The summed E-state index contributed by atoms with van der Waals surface area (Å²) in [6, 6.07) is 3.98. The molecule has 0 aliphatic carbocycles. The van der Waals surface area contributed by atoms with Crippen LogP contribution in [0, 0.1) is 6.92 Å². The van der Waals surface area contributed by atoms with Crippen molar-refractivity contribution in [3.05, 3.63) is 35.8 Å². The number of nitrogens with two attached hydrogens (primary N) is 1. The Morgan fingerprint density at radius 3 is 2.74 bits per heavy atom. The average Bonchev–Trinajstić information content (AvgIpc) is 2.87. The Morgan fingerprint density at radius 1 is 1.35 bits per heavy atom. The molecule has 1 aliphatic heterocycles. The van der Waals surface area contributed by atoms with E-state index in [9.17, 15) is 4.79 Å². The molecule has 0 spiro atoms. The van der Waals surface area contributed by atoms with Crippen LogP contribution in [0.15, 0.2) is 24.5 Å². The lowest BCUT2D eigenvalue weighted by Gasteiger charge is -2.31. The third-order valence-corrected chi connectivity index (χ3v) is 3.92. The largest absolute Gasteiger partial charge is 0.381 e. The molecule has 8 heteroatoms. The van der Waals surface area contributed by atoms with Gasteiger partial charge in [0, 0.05) is 25.6 Å². The Morgan fingerprint density at radius 2 is 2.04 bits per heavy atom. The van der Waals surface area contributed by atoms with Gasteiger partial charge in [-0.25, -0.2) is 4.98 Å². The number of fused-ring (bicyclic) bond motifs is 1. The molecule has 1 fully saturated rings. The summed E-state index contributed by atoms with van der Waals surface area (Å²) in [5.74, 6) is -0.126. The van der Waals surface area contributed by atoms with Crippen molar-refractivity contribution in [2.45, 2.75) is 31.8 Å². The van der Waals surface area contributed by atoms with Crippen molar-refractivity contribution in [3.8, 4) is 0 Å². The second-order valence-corrected chi connectivity index (χ2v) is 5.66. The van der Waals surface area contributed by atoms with Crippen LogP contribution in [0.2, 0.25) is 0 Å². The van der Waals surface area contributed by atoms with Crippen molar-refractivity contribution >= 4 is 36.4 Å². The van der Waals surface area contributed by atoms with Gasteiger partial charge in [0.1, 0.15) is 5.65 Å². The molecule has 0 unspecified atom stereocenters. The molecule has 1 saturated heterocycles. The summed E-state index contributed by atoms with van der Waals surface area (Å²) in [5, 5.41) is 2.89. The Hall–Kier alpha value is -1.34. The summed E-state index contributed by atoms with van der Waals surface area (Å²) >= 11 is 0. The van der Waals surface area contributed by atoms with Crippen LogP contribution in [0.4, 0.5) is 0 Å². The Kier molecular flexibility index (Phi) is 6.83. The fourth-order valence-electron chi connectivity index (χ4n) is 2.55. The van der Waals surface area contributed by atoms with Gasteiger partial charge in [-0.1, -0.05) is 6.07 Å². The molecule has 1 amide bonds. The number of pyridine rings is 1. The van der Waals surface area contributed by atoms with E-state index in [1.54, 1.807) is 0 Å².